The lowest BCUT2D eigenvalue weighted by molar-refractivity contribution is 0.272. The van der Waals surface area contributed by atoms with Gasteiger partial charge in [-0.1, -0.05) is 18.2 Å². The highest BCUT2D eigenvalue weighted by Crippen LogP contribution is 2.39. The van der Waals surface area contributed by atoms with Crippen molar-refractivity contribution in [3.8, 4) is 0 Å². The van der Waals surface area contributed by atoms with Gasteiger partial charge in [-0.2, -0.15) is 0 Å². The van der Waals surface area contributed by atoms with Gasteiger partial charge in [0.15, 0.2) is 0 Å². The van der Waals surface area contributed by atoms with Crippen molar-refractivity contribution in [2.75, 3.05) is 4.90 Å². The van der Waals surface area contributed by atoms with E-state index in [9.17, 15) is 0 Å². The van der Waals surface area contributed by atoms with Crippen LogP contribution >= 0.6 is 0 Å². The van der Waals surface area contributed by atoms with Crippen LogP contribution in [0.4, 0.5) is 5.69 Å². The van der Waals surface area contributed by atoms with Gasteiger partial charge in [-0.05, 0) is 44.2 Å². The van der Waals surface area contributed by atoms with Crippen LogP contribution in [0.1, 0.15) is 32.1 Å². The number of pyridine rings is 1. The summed E-state index contributed by atoms with van der Waals surface area (Å²) in [5.41, 5.74) is 8.69. The second-order valence-electron chi connectivity index (χ2n) is 6.23. The molecule has 3 heterocycles. The van der Waals surface area contributed by atoms with Gasteiger partial charge in [0.05, 0.1) is 11.2 Å². The fraction of sp³-hybridized carbons (Fsp3) is 0.471. The number of fused-ring (bicyclic) bond motifs is 3. The summed E-state index contributed by atoms with van der Waals surface area (Å²) in [6.07, 6.45) is 8.04. The van der Waals surface area contributed by atoms with E-state index in [1.807, 2.05) is 12.3 Å². The standard InChI is InChI=1S/C17H21N3/c18-13-10-14-6-2-7-15(11-13)20(14)16-8-1-4-12-5-3-9-19-17(12)16/h1,3-5,8-9,13-15H,2,6-7,10-11,18H2. The molecular weight excluding hydrogens is 246 g/mol. The van der Waals surface area contributed by atoms with Crippen molar-refractivity contribution in [3.63, 3.8) is 0 Å². The zero-order valence-corrected chi connectivity index (χ0v) is 11.7. The van der Waals surface area contributed by atoms with Gasteiger partial charge in [-0.15, -0.1) is 0 Å². The fourth-order valence-electron chi connectivity index (χ4n) is 4.11. The van der Waals surface area contributed by atoms with Gasteiger partial charge in [-0.3, -0.25) is 4.98 Å². The molecule has 2 aliphatic rings. The van der Waals surface area contributed by atoms with E-state index in [1.165, 1.54) is 30.3 Å². The van der Waals surface area contributed by atoms with E-state index < -0.39 is 0 Å². The molecule has 0 radical (unpaired) electrons. The van der Waals surface area contributed by atoms with Crippen LogP contribution in [0.2, 0.25) is 0 Å². The lowest BCUT2D eigenvalue weighted by Crippen LogP contribution is -2.55. The van der Waals surface area contributed by atoms with E-state index in [2.05, 4.69) is 34.1 Å². The normalized spacial score (nSPS) is 29.6. The molecule has 0 spiro atoms. The molecule has 2 aliphatic heterocycles. The Labute approximate surface area is 119 Å². The number of nitrogens with two attached hydrogens (primary N) is 1. The maximum Gasteiger partial charge on any atom is 0.0935 e. The molecule has 1 aromatic heterocycles. The maximum atomic E-state index is 6.24. The Balaban J connectivity index is 1.82. The average Bonchev–Trinajstić information content (AvgIpc) is 2.46. The van der Waals surface area contributed by atoms with Crippen LogP contribution in [0.3, 0.4) is 0 Å². The molecule has 0 aliphatic carbocycles. The summed E-state index contributed by atoms with van der Waals surface area (Å²) in [5.74, 6) is 0. The smallest absolute Gasteiger partial charge is 0.0935 e. The minimum Gasteiger partial charge on any atom is -0.364 e. The second-order valence-corrected chi connectivity index (χ2v) is 6.23. The maximum absolute atomic E-state index is 6.24. The van der Waals surface area contributed by atoms with E-state index in [0.717, 1.165) is 18.4 Å². The Morgan fingerprint density at radius 3 is 2.60 bits per heavy atom. The van der Waals surface area contributed by atoms with Crippen LogP contribution in [0, 0.1) is 0 Å². The number of piperidine rings is 2. The van der Waals surface area contributed by atoms with Crippen molar-refractivity contribution in [2.24, 2.45) is 5.73 Å². The minimum absolute atomic E-state index is 0.379. The molecule has 104 valence electrons. The highest BCUT2D eigenvalue weighted by Gasteiger charge is 2.37. The van der Waals surface area contributed by atoms with E-state index in [4.69, 9.17) is 5.73 Å². The number of benzene rings is 1. The first-order valence-electron chi connectivity index (χ1n) is 7.70. The first-order chi connectivity index (χ1) is 9.83. The largest absolute Gasteiger partial charge is 0.364 e. The SMILES string of the molecule is NC1CC2CCCC(C1)N2c1cccc2cccnc12. The highest BCUT2D eigenvalue weighted by atomic mass is 15.2. The lowest BCUT2D eigenvalue weighted by atomic mass is 9.81. The molecular formula is C17H21N3. The van der Waals surface area contributed by atoms with Crippen molar-refractivity contribution in [2.45, 2.75) is 50.2 Å². The Bertz CT molecular complexity index is 605. The van der Waals surface area contributed by atoms with E-state index in [1.54, 1.807) is 0 Å². The molecule has 3 nitrogen and oxygen atoms in total. The van der Waals surface area contributed by atoms with E-state index in [0.29, 0.717) is 18.1 Å². The topological polar surface area (TPSA) is 42.1 Å². The minimum atomic E-state index is 0.379. The molecule has 2 fully saturated rings. The van der Waals surface area contributed by atoms with Gasteiger partial charge in [-0.25, -0.2) is 0 Å². The molecule has 2 unspecified atom stereocenters. The number of hydrogen-bond donors (Lipinski definition) is 1. The van der Waals surface area contributed by atoms with Gasteiger partial charge in [0.2, 0.25) is 0 Å². The number of rotatable bonds is 1. The van der Waals surface area contributed by atoms with Gasteiger partial charge in [0.1, 0.15) is 0 Å². The van der Waals surface area contributed by atoms with E-state index in [-0.39, 0.29) is 0 Å². The van der Waals surface area contributed by atoms with Crippen LogP contribution in [-0.2, 0) is 0 Å². The third kappa shape index (κ3) is 1.88. The average molecular weight is 267 g/mol. The third-order valence-electron chi connectivity index (χ3n) is 4.90. The number of nitrogens with zero attached hydrogens (tertiary/aromatic N) is 2. The molecule has 4 rings (SSSR count). The molecule has 0 saturated carbocycles. The van der Waals surface area contributed by atoms with Gasteiger partial charge < -0.3 is 10.6 Å². The lowest BCUT2D eigenvalue weighted by Gasteiger charge is -2.49. The fourth-order valence-corrected chi connectivity index (χ4v) is 4.11. The Morgan fingerprint density at radius 1 is 1.05 bits per heavy atom. The number of hydrogen-bond acceptors (Lipinski definition) is 3. The van der Waals surface area contributed by atoms with Crippen LogP contribution in [-0.4, -0.2) is 23.1 Å². The Kier molecular flexibility index (Phi) is 2.88. The third-order valence-corrected chi connectivity index (χ3v) is 4.90. The van der Waals surface area contributed by atoms with Crippen molar-refractivity contribution >= 4 is 16.6 Å². The van der Waals surface area contributed by atoms with Gasteiger partial charge in [0.25, 0.3) is 0 Å². The molecule has 3 heteroatoms. The predicted octanol–water partition coefficient (Wildman–Crippen LogP) is 3.08. The molecule has 20 heavy (non-hydrogen) atoms. The van der Waals surface area contributed by atoms with Crippen molar-refractivity contribution in [3.05, 3.63) is 36.5 Å². The van der Waals surface area contributed by atoms with Crippen molar-refractivity contribution in [1.82, 2.24) is 4.98 Å². The summed E-state index contributed by atoms with van der Waals surface area (Å²) in [6.45, 7) is 0. The van der Waals surface area contributed by atoms with Gasteiger partial charge in [0, 0.05) is 29.7 Å². The monoisotopic (exact) mass is 267 g/mol. The summed E-state index contributed by atoms with van der Waals surface area (Å²) in [6, 6.07) is 12.3. The molecule has 2 saturated heterocycles. The van der Waals surface area contributed by atoms with Crippen molar-refractivity contribution < 1.29 is 0 Å². The van der Waals surface area contributed by atoms with Gasteiger partial charge >= 0.3 is 0 Å². The molecule has 1 aromatic carbocycles. The van der Waals surface area contributed by atoms with Crippen LogP contribution in [0.25, 0.3) is 10.9 Å². The number of aromatic nitrogens is 1. The predicted molar refractivity (Wildman–Crippen MR) is 82.9 cm³/mol. The molecule has 2 atom stereocenters. The Morgan fingerprint density at radius 2 is 1.80 bits per heavy atom. The first-order valence-corrected chi connectivity index (χ1v) is 7.70. The summed E-state index contributed by atoms with van der Waals surface area (Å²) < 4.78 is 0. The van der Waals surface area contributed by atoms with E-state index >= 15 is 0 Å². The number of para-hydroxylation sites is 1. The summed E-state index contributed by atoms with van der Waals surface area (Å²) in [7, 11) is 0. The summed E-state index contributed by atoms with van der Waals surface area (Å²) in [5, 5.41) is 1.23. The molecule has 2 bridgehead atoms. The number of anilines is 1. The molecule has 0 amide bonds. The Hall–Kier alpha value is -1.61. The van der Waals surface area contributed by atoms with Crippen molar-refractivity contribution in [1.29, 1.82) is 0 Å². The summed E-state index contributed by atoms with van der Waals surface area (Å²) in [4.78, 5) is 7.26. The first kappa shape index (κ1) is 12.2. The summed E-state index contributed by atoms with van der Waals surface area (Å²) >= 11 is 0. The quantitative estimate of drug-likeness (QED) is 0.863. The van der Waals surface area contributed by atoms with Crippen LogP contribution in [0.5, 0.6) is 0 Å². The molecule has 2 N–H and O–H groups in total. The highest BCUT2D eigenvalue weighted by molar-refractivity contribution is 5.91. The second kappa shape index (κ2) is 4.74. The zero-order chi connectivity index (χ0) is 13.5. The van der Waals surface area contributed by atoms with Crippen LogP contribution < -0.4 is 10.6 Å². The molecule has 2 aromatic rings. The van der Waals surface area contributed by atoms with Crippen LogP contribution in [0.15, 0.2) is 36.5 Å². The zero-order valence-electron chi connectivity index (χ0n) is 11.7.